The summed E-state index contributed by atoms with van der Waals surface area (Å²) in [6, 6.07) is 2.79. The van der Waals surface area contributed by atoms with Crippen molar-refractivity contribution >= 4 is 0 Å². The molecule has 2 rings (SSSR count). The molecule has 1 aromatic rings. The number of aromatic nitrogens is 2. The van der Waals surface area contributed by atoms with Crippen LogP contribution in [-0.2, 0) is 13.5 Å². The quantitative estimate of drug-likeness (QED) is 0.827. The predicted molar refractivity (Wildman–Crippen MR) is 61.7 cm³/mol. The Hall–Kier alpha value is -1.34. The molecule has 1 heterocycles. The van der Waals surface area contributed by atoms with E-state index in [4.69, 9.17) is 5.26 Å². The molecule has 0 aromatic carbocycles. The number of rotatable bonds is 4. The first-order chi connectivity index (χ1) is 7.79. The summed E-state index contributed by atoms with van der Waals surface area (Å²) in [7, 11) is 1.93. The van der Waals surface area contributed by atoms with E-state index in [0.29, 0.717) is 6.04 Å². The molecule has 0 radical (unpaired) electrons. The van der Waals surface area contributed by atoms with Crippen molar-refractivity contribution in [3.8, 4) is 6.07 Å². The average Bonchev–Trinajstić information content (AvgIpc) is 2.87. The number of hydrogen-bond donors (Lipinski definition) is 1. The topological polar surface area (TPSA) is 53.6 Å². The highest BCUT2D eigenvalue weighted by atomic mass is 15.2. The molecule has 4 nitrogen and oxygen atoms in total. The van der Waals surface area contributed by atoms with Crippen LogP contribution >= 0.6 is 0 Å². The molecule has 1 saturated carbocycles. The van der Waals surface area contributed by atoms with Crippen molar-refractivity contribution in [2.75, 3.05) is 6.54 Å². The molecule has 2 atom stereocenters. The molecule has 1 aromatic heterocycles. The van der Waals surface area contributed by atoms with Gasteiger partial charge in [0, 0.05) is 19.3 Å². The van der Waals surface area contributed by atoms with E-state index in [9.17, 15) is 0 Å². The molecular weight excluding hydrogens is 200 g/mol. The molecule has 4 heteroatoms. The zero-order valence-electron chi connectivity index (χ0n) is 9.69. The van der Waals surface area contributed by atoms with Crippen LogP contribution in [0.4, 0.5) is 0 Å². The maximum Gasteiger partial charge on any atom is 0.0672 e. The summed E-state index contributed by atoms with van der Waals surface area (Å²) >= 11 is 0. The summed E-state index contributed by atoms with van der Waals surface area (Å²) in [6.07, 6.45) is 8.31. The van der Waals surface area contributed by atoms with Crippen LogP contribution in [0.3, 0.4) is 0 Å². The zero-order chi connectivity index (χ0) is 11.4. The molecule has 1 aliphatic carbocycles. The van der Waals surface area contributed by atoms with Gasteiger partial charge in [0.15, 0.2) is 0 Å². The van der Waals surface area contributed by atoms with Crippen molar-refractivity contribution in [1.29, 1.82) is 5.26 Å². The Labute approximate surface area is 96.3 Å². The van der Waals surface area contributed by atoms with Gasteiger partial charge in [-0.15, -0.1) is 0 Å². The fraction of sp³-hybridized carbons (Fsp3) is 0.667. The SMILES string of the molecule is Cn1cc(CCNC2CCCC2C#N)cn1. The number of nitriles is 1. The fourth-order valence-corrected chi connectivity index (χ4v) is 2.36. The fourth-order valence-electron chi connectivity index (χ4n) is 2.36. The van der Waals surface area contributed by atoms with Gasteiger partial charge in [0.1, 0.15) is 0 Å². The first-order valence-electron chi connectivity index (χ1n) is 5.90. The lowest BCUT2D eigenvalue weighted by molar-refractivity contribution is 0.468. The Morgan fingerprint density at radius 3 is 3.19 bits per heavy atom. The van der Waals surface area contributed by atoms with Crippen LogP contribution in [0.1, 0.15) is 24.8 Å². The zero-order valence-corrected chi connectivity index (χ0v) is 9.69. The average molecular weight is 218 g/mol. The monoisotopic (exact) mass is 218 g/mol. The summed E-state index contributed by atoms with van der Waals surface area (Å²) < 4.78 is 1.82. The summed E-state index contributed by atoms with van der Waals surface area (Å²) in [4.78, 5) is 0. The number of nitrogens with zero attached hydrogens (tertiary/aromatic N) is 3. The summed E-state index contributed by atoms with van der Waals surface area (Å²) in [5.41, 5.74) is 1.25. The van der Waals surface area contributed by atoms with Crippen molar-refractivity contribution < 1.29 is 0 Å². The molecule has 2 unspecified atom stereocenters. The lowest BCUT2D eigenvalue weighted by Gasteiger charge is -2.14. The molecule has 86 valence electrons. The van der Waals surface area contributed by atoms with E-state index in [1.807, 2.05) is 24.1 Å². The van der Waals surface area contributed by atoms with E-state index in [1.54, 1.807) is 0 Å². The van der Waals surface area contributed by atoms with Crippen LogP contribution in [0.25, 0.3) is 0 Å². The minimum atomic E-state index is 0.217. The number of hydrogen-bond acceptors (Lipinski definition) is 3. The van der Waals surface area contributed by atoms with Gasteiger partial charge >= 0.3 is 0 Å². The molecule has 0 bridgehead atoms. The minimum absolute atomic E-state index is 0.217. The van der Waals surface area contributed by atoms with Crippen molar-refractivity contribution in [3.63, 3.8) is 0 Å². The molecule has 1 aliphatic rings. The van der Waals surface area contributed by atoms with Gasteiger partial charge in [-0.3, -0.25) is 4.68 Å². The summed E-state index contributed by atoms with van der Waals surface area (Å²) in [5, 5.41) is 16.6. The third-order valence-electron chi connectivity index (χ3n) is 3.26. The van der Waals surface area contributed by atoms with Crippen LogP contribution < -0.4 is 5.32 Å². The lowest BCUT2D eigenvalue weighted by atomic mass is 10.1. The first-order valence-corrected chi connectivity index (χ1v) is 5.90. The van der Waals surface area contributed by atoms with E-state index in [1.165, 1.54) is 12.0 Å². The van der Waals surface area contributed by atoms with Crippen molar-refractivity contribution in [3.05, 3.63) is 18.0 Å². The molecule has 1 N–H and O–H groups in total. The first kappa shape index (κ1) is 11.2. The summed E-state index contributed by atoms with van der Waals surface area (Å²) in [5.74, 6) is 0.217. The smallest absolute Gasteiger partial charge is 0.0672 e. The third-order valence-corrected chi connectivity index (χ3v) is 3.26. The van der Waals surface area contributed by atoms with Gasteiger partial charge < -0.3 is 5.32 Å². The second kappa shape index (κ2) is 5.13. The van der Waals surface area contributed by atoms with Crippen molar-refractivity contribution in [2.45, 2.75) is 31.7 Å². The molecule has 16 heavy (non-hydrogen) atoms. The standard InChI is InChI=1S/C12H18N4/c1-16-9-10(8-15-16)5-6-14-12-4-2-3-11(12)7-13/h8-9,11-12,14H,2-6H2,1H3. The number of aryl methyl sites for hydroxylation is 1. The van der Waals surface area contributed by atoms with Gasteiger partial charge in [-0.1, -0.05) is 6.42 Å². The van der Waals surface area contributed by atoms with E-state index in [0.717, 1.165) is 25.8 Å². The van der Waals surface area contributed by atoms with Gasteiger partial charge in [-0.25, -0.2) is 0 Å². The van der Waals surface area contributed by atoms with Crippen LogP contribution in [0.15, 0.2) is 12.4 Å². The van der Waals surface area contributed by atoms with Gasteiger partial charge in [-0.05, 0) is 31.4 Å². The lowest BCUT2D eigenvalue weighted by Crippen LogP contribution is -2.33. The Morgan fingerprint density at radius 1 is 1.62 bits per heavy atom. The van der Waals surface area contributed by atoms with Gasteiger partial charge in [-0.2, -0.15) is 10.4 Å². The molecule has 0 saturated heterocycles. The molecule has 0 aliphatic heterocycles. The molecule has 1 fully saturated rings. The highest BCUT2D eigenvalue weighted by molar-refractivity contribution is 5.04. The van der Waals surface area contributed by atoms with E-state index in [2.05, 4.69) is 16.5 Å². The van der Waals surface area contributed by atoms with E-state index in [-0.39, 0.29) is 5.92 Å². The minimum Gasteiger partial charge on any atom is -0.312 e. The van der Waals surface area contributed by atoms with E-state index >= 15 is 0 Å². The van der Waals surface area contributed by atoms with Gasteiger partial charge in [0.25, 0.3) is 0 Å². The maximum atomic E-state index is 8.95. The summed E-state index contributed by atoms with van der Waals surface area (Å²) in [6.45, 7) is 0.939. The van der Waals surface area contributed by atoms with Gasteiger partial charge in [0.05, 0.1) is 18.2 Å². The molecular formula is C12H18N4. The Balaban J connectivity index is 1.74. The van der Waals surface area contributed by atoms with Crippen molar-refractivity contribution in [1.82, 2.24) is 15.1 Å². The second-order valence-corrected chi connectivity index (χ2v) is 4.50. The Bertz CT molecular complexity index is 377. The maximum absolute atomic E-state index is 8.95. The van der Waals surface area contributed by atoms with Crippen LogP contribution in [0.2, 0.25) is 0 Å². The molecule has 0 spiro atoms. The van der Waals surface area contributed by atoms with Crippen LogP contribution in [0, 0.1) is 17.2 Å². The highest BCUT2D eigenvalue weighted by Gasteiger charge is 2.26. The highest BCUT2D eigenvalue weighted by Crippen LogP contribution is 2.24. The Kier molecular flexibility index (Phi) is 3.58. The van der Waals surface area contributed by atoms with Gasteiger partial charge in [0.2, 0.25) is 0 Å². The van der Waals surface area contributed by atoms with Crippen molar-refractivity contribution in [2.24, 2.45) is 13.0 Å². The third kappa shape index (κ3) is 2.61. The predicted octanol–water partition coefficient (Wildman–Crippen LogP) is 1.24. The normalized spacial score (nSPS) is 24.5. The van der Waals surface area contributed by atoms with Crippen LogP contribution in [-0.4, -0.2) is 22.4 Å². The largest absolute Gasteiger partial charge is 0.312 e. The van der Waals surface area contributed by atoms with E-state index < -0.39 is 0 Å². The Morgan fingerprint density at radius 2 is 2.50 bits per heavy atom. The number of nitrogens with one attached hydrogen (secondary N) is 1. The molecule has 0 amide bonds. The second-order valence-electron chi connectivity index (χ2n) is 4.50. The van der Waals surface area contributed by atoms with Crippen LogP contribution in [0.5, 0.6) is 0 Å².